The summed E-state index contributed by atoms with van der Waals surface area (Å²) in [6, 6.07) is 12.7. The van der Waals surface area contributed by atoms with Crippen LogP contribution in [0.15, 0.2) is 42.6 Å². The van der Waals surface area contributed by atoms with E-state index in [0.717, 1.165) is 5.56 Å². The van der Waals surface area contributed by atoms with Crippen LogP contribution in [0.4, 0.5) is 5.82 Å². The van der Waals surface area contributed by atoms with Gasteiger partial charge in [-0.3, -0.25) is 9.69 Å². The summed E-state index contributed by atoms with van der Waals surface area (Å²) in [6.45, 7) is 1.94. The van der Waals surface area contributed by atoms with Gasteiger partial charge in [-0.15, -0.1) is 0 Å². The molecule has 19 heavy (non-hydrogen) atoms. The second-order valence-corrected chi connectivity index (χ2v) is 4.25. The Morgan fingerprint density at radius 1 is 1.32 bits per heavy atom. The summed E-state index contributed by atoms with van der Waals surface area (Å²) >= 11 is 0. The van der Waals surface area contributed by atoms with Crippen molar-refractivity contribution in [3.63, 3.8) is 0 Å². The number of carbonyl (C=O) groups excluding carboxylic acids is 1. The Bertz CT molecular complexity index is 641. The second-order valence-electron chi connectivity index (χ2n) is 4.25. The summed E-state index contributed by atoms with van der Waals surface area (Å²) in [5, 5.41) is 8.71. The van der Waals surface area contributed by atoms with E-state index < -0.39 is 0 Å². The minimum Gasteiger partial charge on any atom is -0.296 e. The van der Waals surface area contributed by atoms with Crippen molar-refractivity contribution < 1.29 is 4.79 Å². The van der Waals surface area contributed by atoms with Crippen molar-refractivity contribution in [2.45, 2.75) is 6.92 Å². The first kappa shape index (κ1) is 12.8. The molecule has 0 N–H and O–H groups in total. The fourth-order valence-corrected chi connectivity index (χ4v) is 1.73. The van der Waals surface area contributed by atoms with Crippen LogP contribution >= 0.6 is 0 Å². The number of hydrogen-bond donors (Lipinski definition) is 0. The van der Waals surface area contributed by atoms with Gasteiger partial charge in [-0.2, -0.15) is 5.26 Å². The van der Waals surface area contributed by atoms with E-state index in [1.54, 1.807) is 25.2 Å². The molecule has 4 nitrogen and oxygen atoms in total. The van der Waals surface area contributed by atoms with Crippen molar-refractivity contribution in [3.8, 4) is 6.07 Å². The number of nitrogens with zero attached hydrogens (tertiary/aromatic N) is 3. The van der Waals surface area contributed by atoms with Gasteiger partial charge in [0.1, 0.15) is 11.9 Å². The summed E-state index contributed by atoms with van der Waals surface area (Å²) in [7, 11) is 1.67. The molecule has 1 heterocycles. The lowest BCUT2D eigenvalue weighted by atomic mass is 10.1. The number of pyridine rings is 1. The van der Waals surface area contributed by atoms with Gasteiger partial charge in [-0.05, 0) is 31.2 Å². The van der Waals surface area contributed by atoms with E-state index in [0.29, 0.717) is 16.9 Å². The van der Waals surface area contributed by atoms with Gasteiger partial charge in [0.2, 0.25) is 0 Å². The van der Waals surface area contributed by atoms with Crippen LogP contribution in [0.1, 0.15) is 21.5 Å². The van der Waals surface area contributed by atoms with Gasteiger partial charge in [0.15, 0.2) is 0 Å². The molecule has 2 aromatic rings. The number of carbonyl (C=O) groups is 1. The smallest absolute Gasteiger partial charge is 0.259 e. The molecule has 1 aromatic carbocycles. The molecular weight excluding hydrogens is 238 g/mol. The number of nitriles is 1. The maximum absolute atomic E-state index is 12.3. The predicted octanol–water partition coefficient (Wildman–Crippen LogP) is 2.54. The van der Waals surface area contributed by atoms with E-state index in [2.05, 4.69) is 4.98 Å². The molecule has 0 saturated heterocycles. The minimum absolute atomic E-state index is 0.124. The average Bonchev–Trinajstić information content (AvgIpc) is 2.46. The predicted molar refractivity (Wildman–Crippen MR) is 72.9 cm³/mol. The summed E-state index contributed by atoms with van der Waals surface area (Å²) in [4.78, 5) is 17.8. The third-order valence-electron chi connectivity index (χ3n) is 2.79. The number of aromatic nitrogens is 1. The highest BCUT2D eigenvalue weighted by Crippen LogP contribution is 2.14. The van der Waals surface area contributed by atoms with E-state index in [1.165, 1.54) is 11.1 Å². The number of anilines is 1. The lowest BCUT2D eigenvalue weighted by Crippen LogP contribution is -2.27. The topological polar surface area (TPSA) is 57.0 Å². The van der Waals surface area contributed by atoms with Crippen LogP contribution in [0.3, 0.4) is 0 Å². The Balaban J connectivity index is 2.26. The highest BCUT2D eigenvalue weighted by atomic mass is 16.2. The number of rotatable bonds is 2. The maximum atomic E-state index is 12.3. The summed E-state index contributed by atoms with van der Waals surface area (Å²) in [6.07, 6.45) is 1.45. The zero-order chi connectivity index (χ0) is 13.8. The zero-order valence-electron chi connectivity index (χ0n) is 10.8. The van der Waals surface area contributed by atoms with Gasteiger partial charge >= 0.3 is 0 Å². The van der Waals surface area contributed by atoms with E-state index in [-0.39, 0.29) is 5.91 Å². The van der Waals surface area contributed by atoms with Gasteiger partial charge in [0, 0.05) is 18.8 Å². The van der Waals surface area contributed by atoms with E-state index in [1.807, 2.05) is 31.2 Å². The fraction of sp³-hybridized carbons (Fsp3) is 0.133. The third-order valence-corrected chi connectivity index (χ3v) is 2.79. The molecule has 1 amide bonds. The first-order valence-electron chi connectivity index (χ1n) is 5.82. The number of aryl methyl sites for hydroxylation is 1. The SMILES string of the molecule is Cc1cccc(C(=O)N(C)c2ccc(C#N)cn2)c1. The molecule has 1 aromatic heterocycles. The van der Waals surface area contributed by atoms with Crippen molar-refractivity contribution in [1.29, 1.82) is 5.26 Å². The molecule has 2 rings (SSSR count). The molecule has 0 unspecified atom stereocenters. The van der Waals surface area contributed by atoms with Crippen LogP contribution < -0.4 is 4.90 Å². The van der Waals surface area contributed by atoms with Gasteiger partial charge < -0.3 is 0 Å². The first-order chi connectivity index (χ1) is 9.11. The molecule has 0 aliphatic heterocycles. The summed E-state index contributed by atoms with van der Waals surface area (Å²) < 4.78 is 0. The maximum Gasteiger partial charge on any atom is 0.259 e. The molecule has 0 aliphatic carbocycles. The molecular formula is C15H13N3O. The Labute approximate surface area is 111 Å². The van der Waals surface area contributed by atoms with E-state index in [4.69, 9.17) is 5.26 Å². The molecule has 0 saturated carbocycles. The summed E-state index contributed by atoms with van der Waals surface area (Å²) in [5.41, 5.74) is 2.13. The molecule has 0 radical (unpaired) electrons. The van der Waals surface area contributed by atoms with Crippen LogP contribution in [-0.4, -0.2) is 17.9 Å². The normalized spacial score (nSPS) is 9.74. The van der Waals surface area contributed by atoms with Gasteiger partial charge in [0.25, 0.3) is 5.91 Å². The molecule has 0 fully saturated rings. The Kier molecular flexibility index (Phi) is 3.58. The van der Waals surface area contributed by atoms with E-state index >= 15 is 0 Å². The number of benzene rings is 1. The third kappa shape index (κ3) is 2.78. The highest BCUT2D eigenvalue weighted by molar-refractivity contribution is 6.05. The molecule has 0 spiro atoms. The Hall–Kier alpha value is -2.67. The largest absolute Gasteiger partial charge is 0.296 e. The van der Waals surface area contributed by atoms with Gasteiger partial charge in [-0.25, -0.2) is 4.98 Å². The van der Waals surface area contributed by atoms with E-state index in [9.17, 15) is 4.79 Å². The summed E-state index contributed by atoms with van der Waals surface area (Å²) in [5.74, 6) is 0.395. The Morgan fingerprint density at radius 3 is 2.68 bits per heavy atom. The molecule has 94 valence electrons. The highest BCUT2D eigenvalue weighted by Gasteiger charge is 2.14. The second kappa shape index (κ2) is 5.32. The molecule has 0 aliphatic rings. The van der Waals surface area contributed by atoms with Crippen LogP contribution in [-0.2, 0) is 0 Å². The molecule has 0 bridgehead atoms. The lowest BCUT2D eigenvalue weighted by molar-refractivity contribution is 0.0992. The molecule has 0 atom stereocenters. The molecule has 4 heteroatoms. The van der Waals surface area contributed by atoms with Gasteiger partial charge in [-0.1, -0.05) is 17.7 Å². The van der Waals surface area contributed by atoms with Crippen LogP contribution in [0.25, 0.3) is 0 Å². The van der Waals surface area contributed by atoms with Crippen molar-refractivity contribution in [1.82, 2.24) is 4.98 Å². The zero-order valence-corrected chi connectivity index (χ0v) is 10.8. The lowest BCUT2D eigenvalue weighted by Gasteiger charge is -2.16. The number of hydrogen-bond acceptors (Lipinski definition) is 3. The average molecular weight is 251 g/mol. The quantitative estimate of drug-likeness (QED) is 0.824. The standard InChI is InChI=1S/C15H13N3O/c1-11-4-3-5-13(8-11)15(19)18(2)14-7-6-12(9-16)10-17-14/h3-8,10H,1-2H3. The first-order valence-corrected chi connectivity index (χ1v) is 5.82. The van der Waals surface area contributed by atoms with Crippen molar-refractivity contribution in [2.24, 2.45) is 0 Å². The van der Waals surface area contributed by atoms with Crippen LogP contribution in [0.5, 0.6) is 0 Å². The Morgan fingerprint density at radius 2 is 2.11 bits per heavy atom. The van der Waals surface area contributed by atoms with Crippen molar-refractivity contribution in [2.75, 3.05) is 11.9 Å². The minimum atomic E-state index is -0.124. The van der Waals surface area contributed by atoms with Crippen LogP contribution in [0.2, 0.25) is 0 Å². The van der Waals surface area contributed by atoms with Crippen LogP contribution in [0, 0.1) is 18.3 Å². The fourth-order valence-electron chi connectivity index (χ4n) is 1.73. The van der Waals surface area contributed by atoms with Crippen molar-refractivity contribution in [3.05, 3.63) is 59.3 Å². The van der Waals surface area contributed by atoms with Crippen molar-refractivity contribution >= 4 is 11.7 Å². The monoisotopic (exact) mass is 251 g/mol. The number of amides is 1. The van der Waals surface area contributed by atoms with Gasteiger partial charge in [0.05, 0.1) is 5.56 Å².